The highest BCUT2D eigenvalue weighted by molar-refractivity contribution is 7.92. The standard InChI is InChI=1S/C18H26ClFN2O4S/c1-27(24,25)22(14-8-9-17(20)16(19)12-14)13-18(23)21-10-5-11-26-15-6-3-2-4-7-15/h8-9,12,15H,2-7,10-11,13H2,1H3,(H,21,23). The fourth-order valence-electron chi connectivity index (χ4n) is 3.01. The van der Waals surface area contributed by atoms with Crippen molar-refractivity contribution in [2.24, 2.45) is 0 Å². The van der Waals surface area contributed by atoms with E-state index in [0.717, 1.165) is 29.5 Å². The van der Waals surface area contributed by atoms with E-state index >= 15 is 0 Å². The van der Waals surface area contributed by atoms with Gasteiger partial charge < -0.3 is 10.1 Å². The Morgan fingerprint density at radius 2 is 2.04 bits per heavy atom. The largest absolute Gasteiger partial charge is 0.378 e. The van der Waals surface area contributed by atoms with Crippen LogP contribution in [0.2, 0.25) is 5.02 Å². The molecular weight excluding hydrogens is 395 g/mol. The molecule has 0 bridgehead atoms. The van der Waals surface area contributed by atoms with Gasteiger partial charge in [-0.25, -0.2) is 12.8 Å². The minimum atomic E-state index is -3.73. The van der Waals surface area contributed by atoms with Gasteiger partial charge in [-0.15, -0.1) is 0 Å². The van der Waals surface area contributed by atoms with Crippen LogP contribution in [-0.2, 0) is 19.6 Å². The molecule has 1 fully saturated rings. The number of hydrogen-bond donors (Lipinski definition) is 1. The van der Waals surface area contributed by atoms with E-state index < -0.39 is 28.3 Å². The van der Waals surface area contributed by atoms with Crippen LogP contribution in [-0.4, -0.2) is 46.4 Å². The fraction of sp³-hybridized carbons (Fsp3) is 0.611. The second-order valence-electron chi connectivity index (χ2n) is 6.70. The van der Waals surface area contributed by atoms with Crippen molar-refractivity contribution in [3.8, 4) is 0 Å². The Bertz CT molecular complexity index is 739. The van der Waals surface area contributed by atoms with E-state index in [1.165, 1.54) is 31.4 Å². The molecule has 2 rings (SSSR count). The van der Waals surface area contributed by atoms with Crippen LogP contribution >= 0.6 is 11.6 Å². The SMILES string of the molecule is CS(=O)(=O)N(CC(=O)NCCCOC1CCCCC1)c1ccc(F)c(Cl)c1. The van der Waals surface area contributed by atoms with Crippen molar-refractivity contribution in [3.05, 3.63) is 29.0 Å². The lowest BCUT2D eigenvalue weighted by Crippen LogP contribution is -2.40. The zero-order valence-electron chi connectivity index (χ0n) is 15.4. The summed E-state index contributed by atoms with van der Waals surface area (Å²) < 4.78 is 44.0. The van der Waals surface area contributed by atoms with E-state index in [1.54, 1.807) is 0 Å². The molecule has 27 heavy (non-hydrogen) atoms. The molecule has 1 aliphatic rings. The number of halogens is 2. The van der Waals surface area contributed by atoms with Crippen molar-refractivity contribution >= 4 is 33.2 Å². The highest BCUT2D eigenvalue weighted by Gasteiger charge is 2.21. The monoisotopic (exact) mass is 420 g/mol. The Hall–Kier alpha value is -1.38. The number of sulfonamides is 1. The van der Waals surface area contributed by atoms with Gasteiger partial charge in [-0.2, -0.15) is 0 Å². The first-order valence-electron chi connectivity index (χ1n) is 9.08. The Labute approximate surface area is 165 Å². The quantitative estimate of drug-likeness (QED) is 0.623. The molecule has 0 radical (unpaired) electrons. The molecule has 1 aliphatic carbocycles. The van der Waals surface area contributed by atoms with Crippen LogP contribution < -0.4 is 9.62 Å². The summed E-state index contributed by atoms with van der Waals surface area (Å²) >= 11 is 5.72. The van der Waals surface area contributed by atoms with E-state index in [4.69, 9.17) is 16.3 Å². The summed E-state index contributed by atoms with van der Waals surface area (Å²) in [6.07, 6.45) is 7.82. The molecule has 1 N–H and O–H groups in total. The maximum Gasteiger partial charge on any atom is 0.240 e. The third-order valence-electron chi connectivity index (χ3n) is 4.43. The van der Waals surface area contributed by atoms with Crippen molar-refractivity contribution in [3.63, 3.8) is 0 Å². The molecule has 0 saturated heterocycles. The topological polar surface area (TPSA) is 75.7 Å². The Morgan fingerprint density at radius 1 is 1.33 bits per heavy atom. The summed E-state index contributed by atoms with van der Waals surface area (Å²) in [5.74, 6) is -1.10. The van der Waals surface area contributed by atoms with Crippen LogP contribution in [0.4, 0.5) is 10.1 Å². The molecule has 152 valence electrons. The molecule has 6 nitrogen and oxygen atoms in total. The van der Waals surface area contributed by atoms with Crippen LogP contribution in [0.5, 0.6) is 0 Å². The molecule has 0 heterocycles. The second-order valence-corrected chi connectivity index (χ2v) is 9.02. The minimum Gasteiger partial charge on any atom is -0.378 e. The number of rotatable bonds is 9. The van der Waals surface area contributed by atoms with E-state index in [-0.39, 0.29) is 10.7 Å². The van der Waals surface area contributed by atoms with E-state index in [0.29, 0.717) is 25.7 Å². The zero-order valence-corrected chi connectivity index (χ0v) is 17.0. The number of anilines is 1. The van der Waals surface area contributed by atoms with Gasteiger partial charge >= 0.3 is 0 Å². The van der Waals surface area contributed by atoms with Gasteiger partial charge in [-0.3, -0.25) is 9.10 Å². The molecule has 0 aromatic heterocycles. The summed E-state index contributed by atoms with van der Waals surface area (Å²) in [6.45, 7) is 0.561. The van der Waals surface area contributed by atoms with E-state index in [2.05, 4.69) is 5.32 Å². The second kappa shape index (κ2) is 10.2. The Morgan fingerprint density at radius 3 is 2.67 bits per heavy atom. The van der Waals surface area contributed by atoms with Crippen LogP contribution in [0, 0.1) is 5.82 Å². The average Bonchev–Trinajstić information content (AvgIpc) is 2.62. The third kappa shape index (κ3) is 7.27. The van der Waals surface area contributed by atoms with Gasteiger partial charge in [0.1, 0.15) is 12.4 Å². The normalized spacial score (nSPS) is 15.5. The van der Waals surface area contributed by atoms with Crippen molar-refractivity contribution < 1.29 is 22.3 Å². The van der Waals surface area contributed by atoms with Crippen molar-refractivity contribution in [2.45, 2.75) is 44.6 Å². The predicted molar refractivity (Wildman–Crippen MR) is 104 cm³/mol. The van der Waals surface area contributed by atoms with Gasteiger partial charge in [0, 0.05) is 13.2 Å². The molecule has 1 aromatic rings. The van der Waals surface area contributed by atoms with Crippen LogP contribution in [0.1, 0.15) is 38.5 Å². The van der Waals surface area contributed by atoms with Gasteiger partial charge in [-0.05, 0) is 37.5 Å². The van der Waals surface area contributed by atoms with Crippen LogP contribution in [0.3, 0.4) is 0 Å². The summed E-state index contributed by atoms with van der Waals surface area (Å²) in [7, 11) is -3.73. The number of benzene rings is 1. The number of carbonyl (C=O) groups is 1. The summed E-state index contributed by atoms with van der Waals surface area (Å²) in [5.41, 5.74) is 0.139. The lowest BCUT2D eigenvalue weighted by atomic mass is 9.98. The van der Waals surface area contributed by atoms with Crippen molar-refractivity contribution in [1.82, 2.24) is 5.32 Å². The number of carbonyl (C=O) groups excluding carboxylic acids is 1. The maximum absolute atomic E-state index is 13.3. The third-order valence-corrected chi connectivity index (χ3v) is 5.86. The van der Waals surface area contributed by atoms with Gasteiger partial charge in [0.2, 0.25) is 15.9 Å². The molecule has 1 amide bonds. The number of nitrogens with one attached hydrogen (secondary N) is 1. The van der Waals surface area contributed by atoms with Crippen molar-refractivity contribution in [2.75, 3.05) is 30.3 Å². The van der Waals surface area contributed by atoms with Gasteiger partial charge in [0.15, 0.2) is 0 Å². The number of ether oxygens (including phenoxy) is 1. The van der Waals surface area contributed by atoms with Crippen LogP contribution in [0.15, 0.2) is 18.2 Å². The van der Waals surface area contributed by atoms with Gasteiger partial charge in [0.05, 0.1) is 23.1 Å². The van der Waals surface area contributed by atoms with E-state index in [1.807, 2.05) is 0 Å². The Balaban J connectivity index is 1.80. The first-order valence-corrected chi connectivity index (χ1v) is 11.3. The average molecular weight is 421 g/mol. The molecule has 1 saturated carbocycles. The van der Waals surface area contributed by atoms with Gasteiger partial charge in [0.25, 0.3) is 0 Å². The molecule has 0 atom stereocenters. The summed E-state index contributed by atoms with van der Waals surface area (Å²) in [4.78, 5) is 12.1. The number of hydrogen-bond acceptors (Lipinski definition) is 4. The first kappa shape index (κ1) is 21.9. The first-order chi connectivity index (χ1) is 12.8. The zero-order chi connectivity index (χ0) is 19.9. The molecule has 0 aliphatic heterocycles. The summed E-state index contributed by atoms with van der Waals surface area (Å²) in [5, 5.41) is 2.48. The fourth-order valence-corrected chi connectivity index (χ4v) is 4.03. The molecule has 0 unspecified atom stereocenters. The number of amides is 1. The summed E-state index contributed by atoms with van der Waals surface area (Å²) in [6, 6.07) is 3.52. The Kier molecular flexibility index (Phi) is 8.31. The molecular formula is C18H26ClFN2O4S. The predicted octanol–water partition coefficient (Wildman–Crippen LogP) is 3.10. The highest BCUT2D eigenvalue weighted by atomic mass is 35.5. The lowest BCUT2D eigenvalue weighted by molar-refractivity contribution is -0.119. The van der Waals surface area contributed by atoms with Crippen molar-refractivity contribution in [1.29, 1.82) is 0 Å². The number of nitrogens with zero attached hydrogens (tertiary/aromatic N) is 1. The highest BCUT2D eigenvalue weighted by Crippen LogP contribution is 2.24. The van der Waals surface area contributed by atoms with E-state index in [9.17, 15) is 17.6 Å². The van der Waals surface area contributed by atoms with Gasteiger partial charge in [-0.1, -0.05) is 30.9 Å². The van der Waals surface area contributed by atoms with Crippen LogP contribution in [0.25, 0.3) is 0 Å². The smallest absolute Gasteiger partial charge is 0.240 e. The molecule has 0 spiro atoms. The molecule has 9 heteroatoms. The minimum absolute atomic E-state index is 0.139. The maximum atomic E-state index is 13.3. The molecule has 1 aromatic carbocycles. The lowest BCUT2D eigenvalue weighted by Gasteiger charge is -2.23.